The first kappa shape index (κ1) is 17.5. The summed E-state index contributed by atoms with van der Waals surface area (Å²) in [5.74, 6) is 0.576. The highest BCUT2D eigenvalue weighted by Gasteiger charge is 2.51. The lowest BCUT2D eigenvalue weighted by Crippen LogP contribution is -2.41. The molecule has 0 radical (unpaired) electrons. The number of nitrogens with one attached hydrogen (secondary N) is 2. The molecule has 1 saturated heterocycles. The normalized spacial score (nSPS) is 19.4. The Balaban J connectivity index is 1.70. The minimum absolute atomic E-state index is 0.325. The molecule has 4 amide bonds. The van der Waals surface area contributed by atoms with Crippen molar-refractivity contribution in [2.24, 2.45) is 0 Å². The third-order valence-corrected chi connectivity index (χ3v) is 4.18. The molecule has 1 aromatic heterocycles. The number of methoxy groups -OCH3 is 1. The summed E-state index contributed by atoms with van der Waals surface area (Å²) in [6, 6.07) is 9.42. The summed E-state index contributed by atoms with van der Waals surface area (Å²) < 4.78 is 10.5. The van der Waals surface area contributed by atoms with Gasteiger partial charge in [-0.25, -0.2) is 4.79 Å². The molecule has 0 aliphatic carbocycles. The van der Waals surface area contributed by atoms with Crippen molar-refractivity contribution < 1.29 is 23.5 Å². The minimum atomic E-state index is -1.33. The number of anilines is 1. The van der Waals surface area contributed by atoms with Gasteiger partial charge < -0.3 is 19.8 Å². The van der Waals surface area contributed by atoms with Gasteiger partial charge in [-0.1, -0.05) is 0 Å². The van der Waals surface area contributed by atoms with Crippen LogP contribution in [0.4, 0.5) is 10.5 Å². The third kappa shape index (κ3) is 3.13. The predicted molar refractivity (Wildman–Crippen MR) is 92.7 cm³/mol. The molecule has 2 heterocycles. The van der Waals surface area contributed by atoms with E-state index in [-0.39, 0.29) is 0 Å². The Bertz CT molecular complexity index is 858. The topological polar surface area (TPSA) is 101 Å². The van der Waals surface area contributed by atoms with Gasteiger partial charge in [0.15, 0.2) is 5.54 Å². The van der Waals surface area contributed by atoms with Crippen LogP contribution in [0.2, 0.25) is 0 Å². The highest BCUT2D eigenvalue weighted by atomic mass is 16.5. The molecule has 2 aromatic rings. The Morgan fingerprint density at radius 2 is 1.92 bits per heavy atom. The maximum atomic E-state index is 12.7. The number of amides is 4. The molecule has 0 unspecified atom stereocenters. The van der Waals surface area contributed by atoms with Crippen LogP contribution in [-0.4, -0.2) is 36.4 Å². The summed E-state index contributed by atoms with van der Waals surface area (Å²) in [4.78, 5) is 38.0. The minimum Gasteiger partial charge on any atom is -0.497 e. The molecule has 0 spiro atoms. The number of furan rings is 1. The van der Waals surface area contributed by atoms with E-state index in [1.165, 1.54) is 0 Å². The Kier molecular flexibility index (Phi) is 4.41. The zero-order valence-electron chi connectivity index (χ0n) is 14.7. The summed E-state index contributed by atoms with van der Waals surface area (Å²) in [5.41, 5.74) is -0.793. The lowest BCUT2D eigenvalue weighted by atomic mass is 9.99. The van der Waals surface area contributed by atoms with E-state index in [0.717, 1.165) is 4.90 Å². The van der Waals surface area contributed by atoms with Gasteiger partial charge in [0.1, 0.15) is 23.8 Å². The van der Waals surface area contributed by atoms with Gasteiger partial charge in [0.25, 0.3) is 5.91 Å². The fourth-order valence-corrected chi connectivity index (χ4v) is 2.73. The number of ether oxygens (including phenoxy) is 1. The number of nitrogens with zero attached hydrogens (tertiary/aromatic N) is 1. The number of hydrogen-bond acceptors (Lipinski definition) is 5. The summed E-state index contributed by atoms with van der Waals surface area (Å²) in [6.45, 7) is 2.90. The molecule has 0 saturated carbocycles. The largest absolute Gasteiger partial charge is 0.497 e. The number of imide groups is 1. The number of rotatable bonds is 5. The summed E-state index contributed by atoms with van der Waals surface area (Å²) >= 11 is 0. The van der Waals surface area contributed by atoms with E-state index in [9.17, 15) is 14.4 Å². The number of benzene rings is 1. The second kappa shape index (κ2) is 6.55. The van der Waals surface area contributed by atoms with E-state index in [1.54, 1.807) is 57.4 Å². The maximum Gasteiger partial charge on any atom is 0.325 e. The van der Waals surface area contributed by atoms with Crippen molar-refractivity contribution in [1.29, 1.82) is 0 Å². The van der Waals surface area contributed by atoms with E-state index in [2.05, 4.69) is 10.6 Å². The monoisotopic (exact) mass is 357 g/mol. The van der Waals surface area contributed by atoms with Crippen molar-refractivity contribution in [2.75, 3.05) is 19.0 Å². The zero-order valence-corrected chi connectivity index (χ0v) is 14.7. The van der Waals surface area contributed by atoms with Gasteiger partial charge in [0.2, 0.25) is 5.91 Å². The summed E-state index contributed by atoms with van der Waals surface area (Å²) in [5, 5.41) is 5.23. The molecule has 8 heteroatoms. The third-order valence-electron chi connectivity index (χ3n) is 4.18. The lowest BCUT2D eigenvalue weighted by molar-refractivity contribution is -0.134. The highest BCUT2D eigenvalue weighted by molar-refractivity contribution is 6.10. The molecule has 3 rings (SSSR count). The second-order valence-electron chi connectivity index (χ2n) is 6.13. The number of hydrogen-bond donors (Lipinski definition) is 2. The van der Waals surface area contributed by atoms with E-state index >= 15 is 0 Å². The van der Waals surface area contributed by atoms with Crippen molar-refractivity contribution in [3.8, 4) is 5.75 Å². The highest BCUT2D eigenvalue weighted by Crippen LogP contribution is 2.30. The Morgan fingerprint density at radius 3 is 2.50 bits per heavy atom. The smallest absolute Gasteiger partial charge is 0.325 e. The zero-order chi connectivity index (χ0) is 18.9. The fourth-order valence-electron chi connectivity index (χ4n) is 2.73. The average Bonchev–Trinajstić information content (AvgIpc) is 3.14. The fraction of sp³-hybridized carbons (Fsp3) is 0.278. The SMILES string of the molecule is COc1ccc(NC(=O)CN2C(=O)N[C@@](C)(c3ccc(C)o3)C2=O)cc1. The van der Waals surface area contributed by atoms with Crippen molar-refractivity contribution in [1.82, 2.24) is 10.2 Å². The van der Waals surface area contributed by atoms with Gasteiger partial charge in [-0.2, -0.15) is 0 Å². The maximum absolute atomic E-state index is 12.7. The number of urea groups is 1. The van der Waals surface area contributed by atoms with Crippen LogP contribution in [0.5, 0.6) is 5.75 Å². The number of aryl methyl sites for hydroxylation is 1. The number of carbonyl (C=O) groups excluding carboxylic acids is 3. The van der Waals surface area contributed by atoms with E-state index in [1.807, 2.05) is 0 Å². The van der Waals surface area contributed by atoms with E-state index < -0.39 is 29.9 Å². The van der Waals surface area contributed by atoms with Crippen LogP contribution in [0.15, 0.2) is 40.8 Å². The van der Waals surface area contributed by atoms with Gasteiger partial charge in [-0.05, 0) is 50.2 Å². The van der Waals surface area contributed by atoms with Crippen LogP contribution in [0.3, 0.4) is 0 Å². The molecule has 1 aromatic carbocycles. The molecule has 8 nitrogen and oxygen atoms in total. The van der Waals surface area contributed by atoms with Crippen LogP contribution in [-0.2, 0) is 15.1 Å². The first-order valence-electron chi connectivity index (χ1n) is 7.98. The Hall–Kier alpha value is -3.29. The van der Waals surface area contributed by atoms with Crippen LogP contribution in [0.1, 0.15) is 18.4 Å². The van der Waals surface area contributed by atoms with Gasteiger partial charge in [0, 0.05) is 5.69 Å². The molecule has 1 aliphatic heterocycles. The van der Waals surface area contributed by atoms with Crippen LogP contribution in [0.25, 0.3) is 0 Å². The molecular formula is C18H19N3O5. The molecule has 26 heavy (non-hydrogen) atoms. The van der Waals surface area contributed by atoms with Crippen molar-refractivity contribution in [3.05, 3.63) is 47.9 Å². The molecule has 136 valence electrons. The molecule has 1 fully saturated rings. The van der Waals surface area contributed by atoms with E-state index in [4.69, 9.17) is 9.15 Å². The molecule has 2 N–H and O–H groups in total. The summed E-state index contributed by atoms with van der Waals surface area (Å²) in [7, 11) is 1.54. The van der Waals surface area contributed by atoms with Gasteiger partial charge in [0.05, 0.1) is 7.11 Å². The average molecular weight is 357 g/mol. The Morgan fingerprint density at radius 1 is 1.23 bits per heavy atom. The lowest BCUT2D eigenvalue weighted by Gasteiger charge is -2.19. The van der Waals surface area contributed by atoms with Crippen LogP contribution < -0.4 is 15.4 Å². The predicted octanol–water partition coefficient (Wildman–Crippen LogP) is 2.00. The molecule has 1 atom stereocenters. The molecule has 1 aliphatic rings. The van der Waals surface area contributed by atoms with Crippen molar-refractivity contribution >= 4 is 23.5 Å². The van der Waals surface area contributed by atoms with Crippen LogP contribution >= 0.6 is 0 Å². The van der Waals surface area contributed by atoms with E-state index in [0.29, 0.717) is 23.0 Å². The van der Waals surface area contributed by atoms with Gasteiger partial charge >= 0.3 is 6.03 Å². The molecular weight excluding hydrogens is 338 g/mol. The van der Waals surface area contributed by atoms with Crippen molar-refractivity contribution in [2.45, 2.75) is 19.4 Å². The Labute approximate surface area is 150 Å². The first-order valence-corrected chi connectivity index (χ1v) is 7.98. The van der Waals surface area contributed by atoms with Crippen LogP contribution in [0, 0.1) is 6.92 Å². The molecule has 0 bridgehead atoms. The summed E-state index contributed by atoms with van der Waals surface area (Å²) in [6.07, 6.45) is 0. The second-order valence-corrected chi connectivity index (χ2v) is 6.13. The van der Waals surface area contributed by atoms with Gasteiger partial charge in [-0.3, -0.25) is 14.5 Å². The standard InChI is InChI=1S/C18H19N3O5/c1-11-4-9-14(26-11)18(2)16(23)21(17(24)20-18)10-15(22)19-12-5-7-13(25-3)8-6-12/h4-9H,10H2,1-3H3,(H,19,22)(H,20,24)/t18-/m0/s1. The first-order chi connectivity index (χ1) is 12.3. The van der Waals surface area contributed by atoms with Gasteiger partial charge in [-0.15, -0.1) is 0 Å². The number of carbonyl (C=O) groups is 3. The quantitative estimate of drug-likeness (QED) is 0.797. The van der Waals surface area contributed by atoms with Crippen molar-refractivity contribution in [3.63, 3.8) is 0 Å².